The normalized spacial score (nSPS) is 14.4. The zero-order valence-electron chi connectivity index (χ0n) is 10.5. The summed E-state index contributed by atoms with van der Waals surface area (Å²) in [6.45, 7) is 0.835. The van der Waals surface area contributed by atoms with E-state index in [0.29, 0.717) is 18.1 Å². The molecule has 0 unspecified atom stereocenters. The average molecular weight is 295 g/mol. The van der Waals surface area contributed by atoms with E-state index in [0.717, 1.165) is 12.8 Å². The number of carbonyl (C=O) groups excluding carboxylic acids is 1. The van der Waals surface area contributed by atoms with E-state index in [2.05, 4.69) is 15.6 Å². The van der Waals surface area contributed by atoms with Crippen molar-refractivity contribution in [2.75, 3.05) is 18.4 Å². The molecule has 3 rings (SSSR count). The molecule has 0 spiro atoms. The minimum atomic E-state index is -0.460. The van der Waals surface area contributed by atoms with Gasteiger partial charge in [0.05, 0.1) is 0 Å². The molecule has 0 bridgehead atoms. The zero-order chi connectivity index (χ0) is 14.1. The first-order chi connectivity index (χ1) is 9.66. The van der Waals surface area contributed by atoms with Crippen LogP contribution in [0.3, 0.4) is 0 Å². The summed E-state index contributed by atoms with van der Waals surface area (Å²) < 4.78 is 1.44. The van der Waals surface area contributed by atoms with E-state index in [1.54, 1.807) is 11.6 Å². The number of hydrogen-bond acceptors (Lipinski definition) is 6. The van der Waals surface area contributed by atoms with Gasteiger partial charge in [-0.15, -0.1) is 0 Å². The maximum atomic E-state index is 11.4. The molecule has 0 aromatic carbocycles. The van der Waals surface area contributed by atoms with Gasteiger partial charge in [-0.2, -0.15) is 9.38 Å². The monoisotopic (exact) mass is 295 g/mol. The number of carbonyl (C=O) groups is 1. The Kier molecular flexibility index (Phi) is 3.26. The SMILES string of the molecule is O=C(NCCNc1nc2sccn2c1[N+](=O)[O-])C1CC1. The van der Waals surface area contributed by atoms with Crippen LogP contribution in [0.4, 0.5) is 11.6 Å². The van der Waals surface area contributed by atoms with E-state index in [4.69, 9.17) is 0 Å². The molecular weight excluding hydrogens is 282 g/mol. The van der Waals surface area contributed by atoms with Crippen LogP contribution in [0.5, 0.6) is 0 Å². The number of amides is 1. The molecule has 1 fully saturated rings. The van der Waals surface area contributed by atoms with Gasteiger partial charge in [0.2, 0.25) is 11.7 Å². The zero-order valence-corrected chi connectivity index (χ0v) is 11.4. The summed E-state index contributed by atoms with van der Waals surface area (Å²) >= 11 is 1.33. The summed E-state index contributed by atoms with van der Waals surface area (Å²) in [5.41, 5.74) is 0. The second kappa shape index (κ2) is 5.08. The molecule has 2 N–H and O–H groups in total. The molecular formula is C11H13N5O3S. The van der Waals surface area contributed by atoms with Crippen LogP contribution in [0.1, 0.15) is 12.8 Å². The molecule has 1 amide bonds. The molecule has 20 heavy (non-hydrogen) atoms. The van der Waals surface area contributed by atoms with Crippen molar-refractivity contribution in [1.82, 2.24) is 14.7 Å². The third-order valence-electron chi connectivity index (χ3n) is 3.07. The van der Waals surface area contributed by atoms with Crippen molar-refractivity contribution in [3.8, 4) is 0 Å². The largest absolute Gasteiger partial charge is 0.372 e. The quantitative estimate of drug-likeness (QED) is 0.474. The van der Waals surface area contributed by atoms with Gasteiger partial charge in [-0.3, -0.25) is 4.79 Å². The van der Waals surface area contributed by atoms with E-state index in [9.17, 15) is 14.9 Å². The molecule has 0 radical (unpaired) electrons. The molecule has 1 saturated carbocycles. The Morgan fingerprint density at radius 3 is 3.05 bits per heavy atom. The number of nitro groups is 1. The second-order valence-electron chi connectivity index (χ2n) is 4.59. The molecule has 2 aromatic heterocycles. The highest BCUT2D eigenvalue weighted by atomic mass is 32.1. The first-order valence-corrected chi connectivity index (χ1v) is 7.16. The van der Waals surface area contributed by atoms with E-state index in [-0.39, 0.29) is 23.5 Å². The highest BCUT2D eigenvalue weighted by Crippen LogP contribution is 2.29. The predicted octanol–water partition coefficient (Wildman–Crippen LogP) is 1.24. The van der Waals surface area contributed by atoms with Crippen LogP contribution in [-0.2, 0) is 4.79 Å². The fourth-order valence-corrected chi connectivity index (χ4v) is 2.63. The highest BCUT2D eigenvalue weighted by Gasteiger charge is 2.29. The van der Waals surface area contributed by atoms with Crippen LogP contribution in [0, 0.1) is 16.0 Å². The second-order valence-corrected chi connectivity index (χ2v) is 5.46. The Balaban J connectivity index is 1.61. The van der Waals surface area contributed by atoms with Gasteiger partial charge in [0.25, 0.3) is 4.96 Å². The molecule has 2 aromatic rings. The number of thiazole rings is 1. The van der Waals surface area contributed by atoms with Crippen LogP contribution in [0.25, 0.3) is 4.96 Å². The fraction of sp³-hybridized carbons (Fsp3) is 0.455. The Bertz CT molecular complexity index is 660. The van der Waals surface area contributed by atoms with Crippen LogP contribution in [0.15, 0.2) is 11.6 Å². The summed E-state index contributed by atoms with van der Waals surface area (Å²) in [6, 6.07) is 0. The number of imidazole rings is 1. The number of nitrogens with zero attached hydrogens (tertiary/aromatic N) is 3. The third kappa shape index (κ3) is 2.44. The maximum Gasteiger partial charge on any atom is 0.372 e. The summed E-state index contributed by atoms with van der Waals surface area (Å²) in [5.74, 6) is 0.395. The van der Waals surface area contributed by atoms with Crippen LogP contribution >= 0.6 is 11.3 Å². The Hall–Kier alpha value is -2.16. The smallest absolute Gasteiger partial charge is 0.361 e. The van der Waals surface area contributed by atoms with Gasteiger partial charge >= 0.3 is 5.82 Å². The number of aromatic nitrogens is 2. The standard InChI is InChI=1S/C11H13N5O3S/c17-9(7-1-2-7)13-4-3-12-8-10(16(18)19)15-5-6-20-11(15)14-8/h5-7,12H,1-4H2,(H,13,17). The minimum Gasteiger partial charge on any atom is -0.361 e. The number of nitrogens with one attached hydrogen (secondary N) is 2. The van der Waals surface area contributed by atoms with Crippen molar-refractivity contribution >= 4 is 33.8 Å². The van der Waals surface area contributed by atoms with Gasteiger partial charge in [-0.05, 0) is 17.8 Å². The lowest BCUT2D eigenvalue weighted by atomic mass is 10.4. The lowest BCUT2D eigenvalue weighted by Crippen LogP contribution is -2.29. The Labute approximate surface area is 118 Å². The van der Waals surface area contributed by atoms with E-state index in [1.165, 1.54) is 15.7 Å². The Morgan fingerprint density at radius 2 is 2.35 bits per heavy atom. The van der Waals surface area contributed by atoms with Crippen LogP contribution in [-0.4, -0.2) is 33.3 Å². The minimum absolute atomic E-state index is 0.0622. The van der Waals surface area contributed by atoms with Gasteiger partial charge in [0.15, 0.2) is 0 Å². The molecule has 0 atom stereocenters. The highest BCUT2D eigenvalue weighted by molar-refractivity contribution is 7.15. The number of rotatable bonds is 6. The lowest BCUT2D eigenvalue weighted by molar-refractivity contribution is -0.389. The lowest BCUT2D eigenvalue weighted by Gasteiger charge is -2.05. The molecule has 9 heteroatoms. The van der Waals surface area contributed by atoms with E-state index >= 15 is 0 Å². The molecule has 0 aliphatic heterocycles. The maximum absolute atomic E-state index is 11.4. The van der Waals surface area contributed by atoms with Crippen molar-refractivity contribution in [3.05, 3.63) is 21.7 Å². The average Bonchev–Trinajstić information content (AvgIpc) is 3.06. The van der Waals surface area contributed by atoms with Crippen molar-refractivity contribution < 1.29 is 9.72 Å². The van der Waals surface area contributed by atoms with Crippen molar-refractivity contribution in [2.45, 2.75) is 12.8 Å². The van der Waals surface area contributed by atoms with Crippen LogP contribution in [0.2, 0.25) is 0 Å². The van der Waals surface area contributed by atoms with E-state index < -0.39 is 4.92 Å². The van der Waals surface area contributed by atoms with Gasteiger partial charge < -0.3 is 20.7 Å². The van der Waals surface area contributed by atoms with Crippen LogP contribution < -0.4 is 10.6 Å². The molecule has 1 aliphatic rings. The first-order valence-electron chi connectivity index (χ1n) is 6.28. The summed E-state index contributed by atoms with van der Waals surface area (Å²) in [6.07, 6.45) is 3.54. The van der Waals surface area contributed by atoms with E-state index in [1.807, 2.05) is 0 Å². The molecule has 1 aliphatic carbocycles. The number of fused-ring (bicyclic) bond motifs is 1. The van der Waals surface area contributed by atoms with Gasteiger partial charge in [0.1, 0.15) is 6.20 Å². The predicted molar refractivity (Wildman–Crippen MR) is 73.9 cm³/mol. The van der Waals surface area contributed by atoms with Crippen molar-refractivity contribution in [1.29, 1.82) is 0 Å². The topological polar surface area (TPSA) is 102 Å². The van der Waals surface area contributed by atoms with Gasteiger partial charge in [-0.25, -0.2) is 0 Å². The molecule has 2 heterocycles. The number of hydrogen-bond donors (Lipinski definition) is 2. The first kappa shape index (κ1) is 12.9. The summed E-state index contributed by atoms with van der Waals surface area (Å²) in [5, 5.41) is 18.5. The number of anilines is 1. The Morgan fingerprint density at radius 1 is 1.55 bits per heavy atom. The van der Waals surface area contributed by atoms with Gasteiger partial charge in [0, 0.05) is 24.4 Å². The van der Waals surface area contributed by atoms with Crippen molar-refractivity contribution in [2.24, 2.45) is 5.92 Å². The van der Waals surface area contributed by atoms with Gasteiger partial charge in [-0.1, -0.05) is 11.3 Å². The molecule has 106 valence electrons. The van der Waals surface area contributed by atoms with Crippen molar-refractivity contribution in [3.63, 3.8) is 0 Å². The third-order valence-corrected chi connectivity index (χ3v) is 3.83. The fourth-order valence-electron chi connectivity index (χ4n) is 1.92. The summed E-state index contributed by atoms with van der Waals surface area (Å²) in [4.78, 5) is 26.8. The molecule has 8 nitrogen and oxygen atoms in total. The molecule has 0 saturated heterocycles. The summed E-state index contributed by atoms with van der Waals surface area (Å²) in [7, 11) is 0.